The Labute approximate surface area is 169 Å². The minimum Gasteiger partial charge on any atom is -0.438 e. The van der Waals surface area contributed by atoms with Gasteiger partial charge in [-0.2, -0.15) is 0 Å². The summed E-state index contributed by atoms with van der Waals surface area (Å²) in [6.07, 6.45) is 2.03. The van der Waals surface area contributed by atoms with Gasteiger partial charge in [0.2, 0.25) is 5.88 Å². The second-order valence-corrected chi connectivity index (χ2v) is 7.17. The van der Waals surface area contributed by atoms with Crippen LogP contribution in [-0.4, -0.2) is 22.3 Å². The van der Waals surface area contributed by atoms with Crippen molar-refractivity contribution >= 4 is 17.6 Å². The highest BCUT2D eigenvalue weighted by molar-refractivity contribution is 7.98. The number of aromatic nitrogens is 1. The SMILES string of the molecule is CSc1ccc(Oc2nc(C)ccc2C(=NCc2ccccc2C)NO)cc1. The highest BCUT2D eigenvalue weighted by Crippen LogP contribution is 2.26. The Bertz CT molecular complexity index is 972. The van der Waals surface area contributed by atoms with E-state index in [-0.39, 0.29) is 0 Å². The summed E-state index contributed by atoms with van der Waals surface area (Å²) in [6, 6.07) is 19.5. The van der Waals surface area contributed by atoms with Crippen LogP contribution in [0.25, 0.3) is 0 Å². The molecule has 6 heteroatoms. The Hall–Kier alpha value is -2.83. The molecule has 0 bridgehead atoms. The maximum absolute atomic E-state index is 9.69. The zero-order valence-electron chi connectivity index (χ0n) is 16.1. The van der Waals surface area contributed by atoms with Gasteiger partial charge in [-0.3, -0.25) is 15.7 Å². The molecule has 0 saturated heterocycles. The maximum Gasteiger partial charge on any atom is 0.230 e. The zero-order valence-corrected chi connectivity index (χ0v) is 17.0. The zero-order chi connectivity index (χ0) is 19.9. The van der Waals surface area contributed by atoms with Crippen LogP contribution in [0.2, 0.25) is 0 Å². The number of nitrogens with one attached hydrogen (secondary N) is 1. The average Bonchev–Trinajstić information content (AvgIpc) is 2.71. The first-order chi connectivity index (χ1) is 13.6. The van der Waals surface area contributed by atoms with Gasteiger partial charge >= 0.3 is 0 Å². The van der Waals surface area contributed by atoms with Crippen LogP contribution >= 0.6 is 11.8 Å². The lowest BCUT2D eigenvalue weighted by molar-refractivity contribution is 0.234. The van der Waals surface area contributed by atoms with Crippen molar-refractivity contribution in [2.45, 2.75) is 25.3 Å². The van der Waals surface area contributed by atoms with Gasteiger partial charge in [0.05, 0.1) is 12.1 Å². The molecule has 0 amide bonds. The fourth-order valence-electron chi connectivity index (χ4n) is 2.68. The number of aliphatic imine (C=N–C) groups is 1. The Balaban J connectivity index is 1.90. The number of amidine groups is 1. The van der Waals surface area contributed by atoms with E-state index in [1.54, 1.807) is 11.8 Å². The van der Waals surface area contributed by atoms with Crippen molar-refractivity contribution < 1.29 is 9.94 Å². The van der Waals surface area contributed by atoms with Gasteiger partial charge in [0, 0.05) is 10.6 Å². The van der Waals surface area contributed by atoms with E-state index in [9.17, 15) is 5.21 Å². The summed E-state index contributed by atoms with van der Waals surface area (Å²) in [5.41, 5.74) is 5.84. The lowest BCUT2D eigenvalue weighted by atomic mass is 10.1. The van der Waals surface area contributed by atoms with Gasteiger partial charge in [-0.25, -0.2) is 4.98 Å². The molecule has 2 aromatic carbocycles. The van der Waals surface area contributed by atoms with E-state index in [0.717, 1.165) is 21.7 Å². The molecule has 28 heavy (non-hydrogen) atoms. The largest absolute Gasteiger partial charge is 0.438 e. The van der Waals surface area contributed by atoms with Crippen LogP contribution in [-0.2, 0) is 6.54 Å². The van der Waals surface area contributed by atoms with Gasteiger partial charge in [0.25, 0.3) is 0 Å². The van der Waals surface area contributed by atoms with Gasteiger partial charge in [0.15, 0.2) is 5.84 Å². The molecule has 0 saturated carbocycles. The smallest absolute Gasteiger partial charge is 0.230 e. The molecular weight excluding hydrogens is 370 g/mol. The summed E-state index contributed by atoms with van der Waals surface area (Å²) in [4.78, 5) is 10.2. The molecule has 0 spiro atoms. The number of hydrogen-bond acceptors (Lipinski definition) is 5. The summed E-state index contributed by atoms with van der Waals surface area (Å²) >= 11 is 1.67. The standard InChI is InChI=1S/C22H23N3O2S/c1-15-6-4-5-7-17(15)14-23-21(25-26)20-13-8-16(2)24-22(20)27-18-9-11-19(28-3)12-10-18/h4-13,26H,14H2,1-3H3,(H,23,25). The summed E-state index contributed by atoms with van der Waals surface area (Å²) in [5, 5.41) is 9.69. The van der Waals surface area contributed by atoms with Crippen molar-refractivity contribution in [2.24, 2.45) is 4.99 Å². The minimum absolute atomic E-state index is 0.312. The van der Waals surface area contributed by atoms with Crippen LogP contribution in [0.1, 0.15) is 22.4 Å². The van der Waals surface area contributed by atoms with Gasteiger partial charge in [-0.1, -0.05) is 24.3 Å². The number of pyridine rings is 1. The van der Waals surface area contributed by atoms with E-state index < -0.39 is 0 Å². The monoisotopic (exact) mass is 393 g/mol. The third-order valence-electron chi connectivity index (χ3n) is 4.30. The van der Waals surface area contributed by atoms with Crippen molar-refractivity contribution in [1.29, 1.82) is 0 Å². The van der Waals surface area contributed by atoms with Crippen LogP contribution in [0, 0.1) is 13.8 Å². The molecule has 144 valence electrons. The van der Waals surface area contributed by atoms with E-state index in [4.69, 9.17) is 4.74 Å². The second-order valence-electron chi connectivity index (χ2n) is 6.29. The number of ether oxygens (including phenoxy) is 1. The maximum atomic E-state index is 9.69. The molecular formula is C22H23N3O2S. The van der Waals surface area contributed by atoms with Crippen molar-refractivity contribution in [3.63, 3.8) is 0 Å². The highest BCUT2D eigenvalue weighted by atomic mass is 32.2. The summed E-state index contributed by atoms with van der Waals surface area (Å²) in [6.45, 7) is 4.37. The predicted molar refractivity (Wildman–Crippen MR) is 114 cm³/mol. The van der Waals surface area contributed by atoms with Gasteiger partial charge in [0.1, 0.15) is 5.75 Å². The van der Waals surface area contributed by atoms with Crippen molar-refractivity contribution in [3.8, 4) is 11.6 Å². The third kappa shape index (κ3) is 4.91. The van der Waals surface area contributed by atoms with Crippen LogP contribution in [0.15, 0.2) is 70.6 Å². The normalized spacial score (nSPS) is 11.4. The van der Waals surface area contributed by atoms with Crippen LogP contribution in [0.4, 0.5) is 0 Å². The fraction of sp³-hybridized carbons (Fsp3) is 0.182. The molecule has 0 aliphatic rings. The first kappa shape index (κ1) is 19.9. The molecule has 1 aromatic heterocycles. The number of aryl methyl sites for hydroxylation is 2. The molecule has 0 unspecified atom stereocenters. The highest BCUT2D eigenvalue weighted by Gasteiger charge is 2.14. The van der Waals surface area contributed by atoms with E-state index >= 15 is 0 Å². The van der Waals surface area contributed by atoms with E-state index in [1.165, 1.54) is 0 Å². The Kier molecular flexibility index (Phi) is 6.68. The molecule has 5 nitrogen and oxygen atoms in total. The second kappa shape index (κ2) is 9.39. The van der Waals surface area contributed by atoms with Gasteiger partial charge in [-0.15, -0.1) is 11.8 Å². The first-order valence-electron chi connectivity index (χ1n) is 8.89. The summed E-state index contributed by atoms with van der Waals surface area (Å²) < 4.78 is 6.00. The summed E-state index contributed by atoms with van der Waals surface area (Å²) in [5.74, 6) is 1.38. The van der Waals surface area contributed by atoms with E-state index in [1.807, 2.05) is 80.8 Å². The molecule has 0 radical (unpaired) electrons. The quantitative estimate of drug-likeness (QED) is 0.263. The number of hydroxylamine groups is 1. The van der Waals surface area contributed by atoms with E-state index in [2.05, 4.69) is 15.5 Å². The lowest BCUT2D eigenvalue weighted by Gasteiger charge is -2.13. The molecule has 2 N–H and O–H groups in total. The average molecular weight is 394 g/mol. The Morgan fingerprint density at radius 3 is 2.50 bits per heavy atom. The minimum atomic E-state index is 0.312. The first-order valence-corrected chi connectivity index (χ1v) is 10.1. The third-order valence-corrected chi connectivity index (χ3v) is 5.05. The fourth-order valence-corrected chi connectivity index (χ4v) is 3.09. The van der Waals surface area contributed by atoms with Gasteiger partial charge < -0.3 is 4.74 Å². The number of hydrogen-bond donors (Lipinski definition) is 2. The Morgan fingerprint density at radius 2 is 1.82 bits per heavy atom. The molecule has 0 aliphatic carbocycles. The van der Waals surface area contributed by atoms with Crippen LogP contribution < -0.4 is 10.2 Å². The van der Waals surface area contributed by atoms with Crippen LogP contribution in [0.3, 0.4) is 0 Å². The number of benzene rings is 2. The molecule has 1 heterocycles. The predicted octanol–water partition coefficient (Wildman–Crippen LogP) is 5.14. The van der Waals surface area contributed by atoms with Crippen molar-refractivity contribution in [3.05, 3.63) is 83.0 Å². The molecule has 0 aliphatic heterocycles. The molecule has 3 aromatic rings. The number of thioether (sulfide) groups is 1. The van der Waals surface area contributed by atoms with Crippen molar-refractivity contribution in [1.82, 2.24) is 10.5 Å². The number of nitrogens with zero attached hydrogens (tertiary/aromatic N) is 2. The lowest BCUT2D eigenvalue weighted by Crippen LogP contribution is -2.22. The van der Waals surface area contributed by atoms with Gasteiger partial charge in [-0.05, 0) is 67.6 Å². The van der Waals surface area contributed by atoms with Crippen LogP contribution in [0.5, 0.6) is 11.6 Å². The molecule has 3 rings (SSSR count). The summed E-state index contributed by atoms with van der Waals surface area (Å²) in [7, 11) is 0. The molecule has 0 atom stereocenters. The number of rotatable bonds is 6. The van der Waals surface area contributed by atoms with Crippen molar-refractivity contribution in [2.75, 3.05) is 6.26 Å². The molecule has 0 fully saturated rings. The Morgan fingerprint density at radius 1 is 1.07 bits per heavy atom. The van der Waals surface area contributed by atoms with E-state index in [0.29, 0.717) is 29.6 Å². The topological polar surface area (TPSA) is 66.7 Å².